The Morgan fingerprint density at radius 3 is 2.76 bits per heavy atom. The van der Waals surface area contributed by atoms with Crippen LogP contribution in [-0.4, -0.2) is 21.7 Å². The van der Waals surface area contributed by atoms with Crippen molar-refractivity contribution < 1.29 is 4.79 Å². The maximum atomic E-state index is 12.6. The number of aromatic nitrogens is 2. The van der Waals surface area contributed by atoms with E-state index in [1.165, 1.54) is 11.8 Å². The Bertz CT molecular complexity index is 886. The number of nitrogens with zero attached hydrogens (tertiary/aromatic N) is 2. The molecule has 2 rings (SSSR count). The topological polar surface area (TPSA) is 70.1 Å². The molecule has 0 bridgehead atoms. The molecule has 0 unspecified atom stereocenters. The first kappa shape index (κ1) is 18.7. The predicted molar refractivity (Wildman–Crippen MR) is 108 cm³/mol. The van der Waals surface area contributed by atoms with Crippen LogP contribution < -0.4 is 5.32 Å². The number of allylic oxidation sites excluding steroid dienone is 2. The monoisotopic (exact) mass is 354 g/mol. The Morgan fingerprint density at radius 2 is 2.12 bits per heavy atom. The maximum Gasteiger partial charge on any atom is 0.258 e. The fourth-order valence-electron chi connectivity index (χ4n) is 2.27. The summed E-state index contributed by atoms with van der Waals surface area (Å²) in [7, 11) is 0. The number of carbonyl (C=O) groups excluding carboxylic acids is 1. The molecule has 1 amide bonds. The standard InChI is InChI=1S/C19H22N4OS/c1-6-11-20-13(5)21-19(24)14-9-8-10-15-16(14)23-18(22-15)17(12(3)4)25-7-2/h6-11H,2H2,1,3-5H3,(H,22,23)(H,20,21,24)/b11-6-. The van der Waals surface area contributed by atoms with Gasteiger partial charge in [0.2, 0.25) is 0 Å². The van der Waals surface area contributed by atoms with Gasteiger partial charge in [0, 0.05) is 6.20 Å². The summed E-state index contributed by atoms with van der Waals surface area (Å²) in [6.45, 7) is 11.4. The van der Waals surface area contributed by atoms with E-state index < -0.39 is 0 Å². The van der Waals surface area contributed by atoms with Crippen LogP contribution in [0.4, 0.5) is 0 Å². The van der Waals surface area contributed by atoms with Crippen LogP contribution in [0.3, 0.4) is 0 Å². The van der Waals surface area contributed by atoms with Crippen molar-refractivity contribution in [1.29, 1.82) is 0 Å². The van der Waals surface area contributed by atoms with Gasteiger partial charge >= 0.3 is 0 Å². The number of carbonyl (C=O) groups is 1. The number of benzene rings is 1. The third-order valence-corrected chi connectivity index (χ3v) is 4.34. The molecule has 0 saturated carbocycles. The number of amides is 1. The van der Waals surface area contributed by atoms with Crippen LogP contribution in [0, 0.1) is 0 Å². The highest BCUT2D eigenvalue weighted by atomic mass is 32.2. The van der Waals surface area contributed by atoms with Crippen molar-refractivity contribution in [2.24, 2.45) is 4.99 Å². The normalized spacial score (nSPS) is 11.8. The number of rotatable bonds is 5. The molecule has 2 N–H and O–H groups in total. The first-order valence-corrected chi connectivity index (χ1v) is 8.77. The number of amidine groups is 1. The molecule has 0 aliphatic heterocycles. The van der Waals surface area contributed by atoms with Gasteiger partial charge in [-0.05, 0) is 45.2 Å². The average molecular weight is 354 g/mol. The molecule has 1 aromatic heterocycles. The predicted octanol–water partition coefficient (Wildman–Crippen LogP) is 4.87. The quantitative estimate of drug-likeness (QED) is 0.594. The molecular formula is C19H22N4OS. The summed E-state index contributed by atoms with van der Waals surface area (Å²) < 4.78 is 0. The van der Waals surface area contributed by atoms with Crippen molar-refractivity contribution in [3.8, 4) is 0 Å². The van der Waals surface area contributed by atoms with Crippen molar-refractivity contribution in [1.82, 2.24) is 15.3 Å². The lowest BCUT2D eigenvalue weighted by atomic mass is 10.1. The minimum absolute atomic E-state index is 0.232. The van der Waals surface area contributed by atoms with Gasteiger partial charge in [0.05, 0.1) is 16.0 Å². The van der Waals surface area contributed by atoms with E-state index in [1.54, 1.807) is 30.7 Å². The molecule has 1 aromatic carbocycles. The number of imidazole rings is 1. The molecule has 5 nitrogen and oxygen atoms in total. The van der Waals surface area contributed by atoms with Gasteiger partial charge in [-0.2, -0.15) is 0 Å². The molecule has 1 heterocycles. The third-order valence-electron chi connectivity index (χ3n) is 3.34. The van der Waals surface area contributed by atoms with Crippen LogP contribution in [0.25, 0.3) is 15.9 Å². The molecule has 0 spiro atoms. The zero-order chi connectivity index (χ0) is 18.4. The van der Waals surface area contributed by atoms with E-state index in [4.69, 9.17) is 0 Å². The lowest BCUT2D eigenvalue weighted by Crippen LogP contribution is -2.28. The lowest BCUT2D eigenvalue weighted by Gasteiger charge is -2.04. The van der Waals surface area contributed by atoms with Crippen molar-refractivity contribution >= 4 is 39.4 Å². The summed E-state index contributed by atoms with van der Waals surface area (Å²) in [5, 5.41) is 4.55. The molecule has 0 saturated heterocycles. The lowest BCUT2D eigenvalue weighted by molar-refractivity contribution is 0.0978. The van der Waals surface area contributed by atoms with Gasteiger partial charge in [0.25, 0.3) is 5.91 Å². The Morgan fingerprint density at radius 1 is 1.36 bits per heavy atom. The molecule has 6 heteroatoms. The second-order valence-corrected chi connectivity index (χ2v) is 6.53. The molecule has 0 atom stereocenters. The number of hydrogen-bond donors (Lipinski definition) is 2. The Kier molecular flexibility index (Phi) is 6.36. The molecule has 0 aliphatic carbocycles. The smallest absolute Gasteiger partial charge is 0.258 e. The van der Waals surface area contributed by atoms with Crippen molar-refractivity contribution in [3.63, 3.8) is 0 Å². The summed E-state index contributed by atoms with van der Waals surface area (Å²) in [5.41, 5.74) is 3.09. The van der Waals surface area contributed by atoms with E-state index in [2.05, 4.69) is 26.9 Å². The number of nitrogens with one attached hydrogen (secondary N) is 2. The first-order valence-electron chi connectivity index (χ1n) is 7.89. The Labute approximate surface area is 152 Å². The third kappa shape index (κ3) is 4.48. The first-order chi connectivity index (χ1) is 12.0. The summed E-state index contributed by atoms with van der Waals surface area (Å²) in [6, 6.07) is 5.50. The number of hydrogen-bond acceptors (Lipinski definition) is 4. The SMILES string of the molecule is C=CSC(=C(C)C)c1nc2c(C(=O)NC(C)=N/C=C\C)cccc2[nH]1. The molecule has 0 aliphatic rings. The zero-order valence-corrected chi connectivity index (χ0v) is 15.7. The van der Waals surface area contributed by atoms with Crippen molar-refractivity contribution in [2.45, 2.75) is 27.7 Å². The van der Waals surface area contributed by atoms with E-state index in [0.29, 0.717) is 16.9 Å². The molecule has 0 radical (unpaired) electrons. The zero-order valence-electron chi connectivity index (χ0n) is 14.9. The summed E-state index contributed by atoms with van der Waals surface area (Å²) in [5.74, 6) is 1.03. The van der Waals surface area contributed by atoms with Crippen LogP contribution in [0.1, 0.15) is 43.9 Å². The number of thioether (sulfide) groups is 1. The van der Waals surface area contributed by atoms with Gasteiger partial charge in [-0.15, -0.1) is 0 Å². The molecule has 25 heavy (non-hydrogen) atoms. The second kappa shape index (κ2) is 8.48. The van der Waals surface area contributed by atoms with Crippen LogP contribution >= 0.6 is 11.8 Å². The highest BCUT2D eigenvalue weighted by Crippen LogP contribution is 2.31. The largest absolute Gasteiger partial charge is 0.337 e. The van der Waals surface area contributed by atoms with Gasteiger partial charge in [-0.3, -0.25) is 4.79 Å². The number of H-pyrrole nitrogens is 1. The van der Waals surface area contributed by atoms with Crippen LogP contribution in [0.15, 0.2) is 53.0 Å². The summed E-state index contributed by atoms with van der Waals surface area (Å²) >= 11 is 1.51. The molecule has 130 valence electrons. The number of fused-ring (bicyclic) bond motifs is 1. The van der Waals surface area contributed by atoms with Crippen molar-refractivity contribution in [3.05, 3.63) is 59.4 Å². The minimum atomic E-state index is -0.232. The minimum Gasteiger partial charge on any atom is -0.337 e. The number of aliphatic imine (C=N–C) groups is 1. The maximum absolute atomic E-state index is 12.6. The van der Waals surface area contributed by atoms with Gasteiger partial charge in [-0.1, -0.05) is 36.1 Å². The van der Waals surface area contributed by atoms with E-state index in [9.17, 15) is 4.79 Å². The molecular weight excluding hydrogens is 332 g/mol. The fourth-order valence-corrected chi connectivity index (χ4v) is 2.88. The highest BCUT2D eigenvalue weighted by molar-refractivity contribution is 8.10. The van der Waals surface area contributed by atoms with Crippen LogP contribution in [0.2, 0.25) is 0 Å². The van der Waals surface area contributed by atoms with Gasteiger partial charge in [-0.25, -0.2) is 9.98 Å². The van der Waals surface area contributed by atoms with Crippen LogP contribution in [0.5, 0.6) is 0 Å². The van der Waals surface area contributed by atoms with E-state index >= 15 is 0 Å². The fraction of sp³-hybridized carbons (Fsp3) is 0.211. The number of para-hydroxylation sites is 1. The van der Waals surface area contributed by atoms with Crippen molar-refractivity contribution in [2.75, 3.05) is 0 Å². The average Bonchev–Trinajstić information content (AvgIpc) is 3.00. The Hall–Kier alpha value is -2.60. The highest BCUT2D eigenvalue weighted by Gasteiger charge is 2.16. The Balaban J connectivity index is 2.44. The van der Waals surface area contributed by atoms with E-state index in [-0.39, 0.29) is 5.91 Å². The second-order valence-electron chi connectivity index (χ2n) is 5.55. The summed E-state index contributed by atoms with van der Waals surface area (Å²) in [4.78, 5) is 25.6. The van der Waals surface area contributed by atoms with Gasteiger partial charge < -0.3 is 10.3 Å². The van der Waals surface area contributed by atoms with Gasteiger partial charge in [0.1, 0.15) is 17.2 Å². The van der Waals surface area contributed by atoms with Crippen LogP contribution in [-0.2, 0) is 0 Å². The summed E-state index contributed by atoms with van der Waals surface area (Å²) in [6.07, 6.45) is 3.44. The number of aromatic amines is 1. The molecule has 2 aromatic rings. The van der Waals surface area contributed by atoms with E-state index in [1.807, 2.05) is 32.9 Å². The molecule has 0 fully saturated rings. The van der Waals surface area contributed by atoms with E-state index in [0.717, 1.165) is 21.8 Å². The van der Waals surface area contributed by atoms with Gasteiger partial charge in [0.15, 0.2) is 0 Å².